The summed E-state index contributed by atoms with van der Waals surface area (Å²) in [5.74, 6) is 6.25. The lowest BCUT2D eigenvalue weighted by Crippen LogP contribution is -2.32. The Morgan fingerprint density at radius 3 is 2.62 bits per heavy atom. The van der Waals surface area contributed by atoms with Gasteiger partial charge in [0.15, 0.2) is 0 Å². The lowest BCUT2D eigenvalue weighted by molar-refractivity contribution is -0.136. The zero-order valence-electron chi connectivity index (χ0n) is 14.9. The van der Waals surface area contributed by atoms with Crippen LogP contribution < -0.4 is 4.74 Å². The van der Waals surface area contributed by atoms with Crippen LogP contribution in [-0.2, 0) is 4.79 Å². The van der Waals surface area contributed by atoms with Gasteiger partial charge in [-0.25, -0.2) is 0 Å². The van der Waals surface area contributed by atoms with E-state index in [-0.39, 0.29) is 5.97 Å². The molecule has 4 aliphatic carbocycles. The molecule has 0 saturated heterocycles. The second-order valence-electron chi connectivity index (χ2n) is 8.95. The van der Waals surface area contributed by atoms with E-state index in [1.807, 2.05) is 30.3 Å². The van der Waals surface area contributed by atoms with Crippen LogP contribution in [0.2, 0.25) is 0 Å². The maximum absolute atomic E-state index is 12.6. The predicted molar refractivity (Wildman–Crippen MR) is 102 cm³/mol. The Kier molecular flexibility index (Phi) is 3.15. The van der Waals surface area contributed by atoms with Gasteiger partial charge >= 0.3 is 5.97 Å². The van der Waals surface area contributed by atoms with Crippen LogP contribution in [0.25, 0.3) is 10.8 Å². The molecule has 0 aromatic heterocycles. The van der Waals surface area contributed by atoms with Gasteiger partial charge in [0, 0.05) is 6.42 Å². The molecule has 7 atom stereocenters. The summed E-state index contributed by atoms with van der Waals surface area (Å²) in [5, 5.41) is 2.30. The number of ether oxygens (including phenoxy) is 1. The Bertz CT molecular complexity index is 913. The highest BCUT2D eigenvalue weighted by atomic mass is 16.5. The fourth-order valence-electron chi connectivity index (χ4n) is 7.01. The average Bonchev–Trinajstić information content (AvgIpc) is 3.41. The number of carbonyl (C=O) groups excluding carboxylic acids is 1. The quantitative estimate of drug-likeness (QED) is 0.330. The van der Waals surface area contributed by atoms with E-state index < -0.39 is 0 Å². The minimum absolute atomic E-state index is 0.0481. The Morgan fingerprint density at radius 1 is 0.923 bits per heavy atom. The first-order valence-corrected chi connectivity index (χ1v) is 10.1. The third kappa shape index (κ3) is 2.14. The predicted octanol–water partition coefficient (Wildman–Crippen LogP) is 5.23. The first-order chi connectivity index (χ1) is 12.8. The maximum atomic E-state index is 12.6. The van der Waals surface area contributed by atoms with Crippen molar-refractivity contribution in [2.45, 2.75) is 25.7 Å². The topological polar surface area (TPSA) is 26.3 Å². The molecule has 2 heteroatoms. The average molecular weight is 344 g/mol. The molecule has 3 fully saturated rings. The third-order valence-electron chi connectivity index (χ3n) is 7.79. The lowest BCUT2D eigenvalue weighted by atomic mass is 9.69. The smallest absolute Gasteiger partial charge is 0.311 e. The summed E-state index contributed by atoms with van der Waals surface area (Å²) in [4.78, 5) is 12.6. The zero-order valence-corrected chi connectivity index (χ0v) is 14.9. The van der Waals surface area contributed by atoms with Gasteiger partial charge in [0.1, 0.15) is 5.75 Å². The van der Waals surface area contributed by atoms with E-state index in [0.29, 0.717) is 18.1 Å². The minimum atomic E-state index is -0.0481. The molecule has 132 valence electrons. The van der Waals surface area contributed by atoms with Crippen molar-refractivity contribution >= 4 is 16.7 Å². The monoisotopic (exact) mass is 344 g/mol. The van der Waals surface area contributed by atoms with Gasteiger partial charge in [-0.05, 0) is 83.6 Å². The number of hydrogen-bond donors (Lipinski definition) is 0. The Labute approximate surface area is 154 Å². The van der Waals surface area contributed by atoms with E-state index in [2.05, 4.69) is 24.3 Å². The molecule has 2 aromatic rings. The Balaban J connectivity index is 1.15. The summed E-state index contributed by atoms with van der Waals surface area (Å²) in [6.07, 6.45) is 9.54. The molecule has 0 N–H and O–H groups in total. The SMILES string of the molecule is O=C(CC1CC2CC1C1C3C=CC(C3)C21)Oc1ccc2ccccc2c1. The summed E-state index contributed by atoms with van der Waals surface area (Å²) < 4.78 is 5.71. The molecule has 0 amide bonds. The fraction of sp³-hybridized carbons (Fsp3) is 0.458. The molecule has 0 aliphatic heterocycles. The van der Waals surface area contributed by atoms with Crippen molar-refractivity contribution in [1.29, 1.82) is 0 Å². The van der Waals surface area contributed by atoms with Crippen LogP contribution in [0.15, 0.2) is 54.6 Å². The second-order valence-corrected chi connectivity index (χ2v) is 8.95. The summed E-state index contributed by atoms with van der Waals surface area (Å²) in [6.45, 7) is 0. The summed E-state index contributed by atoms with van der Waals surface area (Å²) >= 11 is 0. The molecule has 4 bridgehead atoms. The van der Waals surface area contributed by atoms with Gasteiger partial charge in [-0.1, -0.05) is 42.5 Å². The molecule has 0 spiro atoms. The van der Waals surface area contributed by atoms with Gasteiger partial charge in [0.2, 0.25) is 0 Å². The standard InChI is InChI=1S/C24H24O2/c25-22(26-20-8-7-14-3-1-2-4-15(14)11-20)13-18-10-19-12-21(18)24-17-6-5-16(9-17)23(19)24/h1-8,11,16-19,21,23-24H,9-10,12-13H2. The Hall–Kier alpha value is -2.09. The maximum Gasteiger partial charge on any atom is 0.311 e. The number of allylic oxidation sites excluding steroid dienone is 2. The molecule has 4 aliphatic rings. The van der Waals surface area contributed by atoms with Gasteiger partial charge in [0.25, 0.3) is 0 Å². The van der Waals surface area contributed by atoms with Crippen molar-refractivity contribution < 1.29 is 9.53 Å². The van der Waals surface area contributed by atoms with E-state index in [4.69, 9.17) is 4.74 Å². The van der Waals surface area contributed by atoms with E-state index >= 15 is 0 Å². The van der Waals surface area contributed by atoms with Crippen LogP contribution in [0.4, 0.5) is 0 Å². The first kappa shape index (κ1) is 15.0. The number of fused-ring (bicyclic) bond motifs is 10. The second kappa shape index (κ2) is 5.45. The summed E-state index contributed by atoms with van der Waals surface area (Å²) in [5.41, 5.74) is 0. The number of hydrogen-bond acceptors (Lipinski definition) is 2. The van der Waals surface area contributed by atoms with Gasteiger partial charge in [-0.2, -0.15) is 0 Å². The number of esters is 1. The van der Waals surface area contributed by atoms with Crippen molar-refractivity contribution in [3.63, 3.8) is 0 Å². The normalized spacial score (nSPS) is 38.8. The molecule has 7 unspecified atom stereocenters. The van der Waals surface area contributed by atoms with Gasteiger partial charge < -0.3 is 4.74 Å². The van der Waals surface area contributed by atoms with Crippen LogP contribution in [0.3, 0.4) is 0 Å². The van der Waals surface area contributed by atoms with Crippen LogP contribution in [-0.4, -0.2) is 5.97 Å². The lowest BCUT2D eigenvalue weighted by Gasteiger charge is -2.36. The third-order valence-corrected chi connectivity index (χ3v) is 7.79. The van der Waals surface area contributed by atoms with E-state index in [1.165, 1.54) is 24.6 Å². The molecule has 2 aromatic carbocycles. The van der Waals surface area contributed by atoms with E-state index in [0.717, 1.165) is 40.9 Å². The van der Waals surface area contributed by atoms with Crippen LogP contribution in [0.1, 0.15) is 25.7 Å². The van der Waals surface area contributed by atoms with Gasteiger partial charge in [0.05, 0.1) is 0 Å². The highest BCUT2D eigenvalue weighted by molar-refractivity contribution is 5.84. The highest BCUT2D eigenvalue weighted by Gasteiger charge is 2.60. The largest absolute Gasteiger partial charge is 0.426 e. The highest BCUT2D eigenvalue weighted by Crippen LogP contribution is 2.67. The zero-order chi connectivity index (χ0) is 17.3. The van der Waals surface area contributed by atoms with Gasteiger partial charge in [-0.3, -0.25) is 4.79 Å². The van der Waals surface area contributed by atoms with Crippen molar-refractivity contribution in [2.24, 2.45) is 41.4 Å². The summed E-state index contributed by atoms with van der Waals surface area (Å²) in [7, 11) is 0. The Morgan fingerprint density at radius 2 is 1.73 bits per heavy atom. The van der Waals surface area contributed by atoms with Crippen LogP contribution in [0.5, 0.6) is 5.75 Å². The fourth-order valence-corrected chi connectivity index (χ4v) is 7.01. The summed E-state index contributed by atoms with van der Waals surface area (Å²) in [6, 6.07) is 14.1. The first-order valence-electron chi connectivity index (χ1n) is 10.1. The number of benzene rings is 2. The minimum Gasteiger partial charge on any atom is -0.426 e. The van der Waals surface area contributed by atoms with Crippen molar-refractivity contribution in [3.8, 4) is 5.75 Å². The van der Waals surface area contributed by atoms with Crippen molar-refractivity contribution in [3.05, 3.63) is 54.6 Å². The van der Waals surface area contributed by atoms with E-state index in [9.17, 15) is 4.79 Å². The van der Waals surface area contributed by atoms with Crippen molar-refractivity contribution in [1.82, 2.24) is 0 Å². The molecule has 3 saturated carbocycles. The molecular weight excluding hydrogens is 320 g/mol. The molecule has 0 heterocycles. The molecule has 6 rings (SSSR count). The number of carbonyl (C=O) groups is 1. The molecule has 0 radical (unpaired) electrons. The molecule has 26 heavy (non-hydrogen) atoms. The number of rotatable bonds is 3. The van der Waals surface area contributed by atoms with Gasteiger partial charge in [-0.15, -0.1) is 0 Å². The molecular formula is C24H24O2. The van der Waals surface area contributed by atoms with Crippen LogP contribution in [0, 0.1) is 41.4 Å². The van der Waals surface area contributed by atoms with Crippen LogP contribution >= 0.6 is 0 Å². The molecule has 2 nitrogen and oxygen atoms in total. The van der Waals surface area contributed by atoms with Crippen molar-refractivity contribution in [2.75, 3.05) is 0 Å². The van der Waals surface area contributed by atoms with E-state index in [1.54, 1.807) is 0 Å².